The third kappa shape index (κ3) is 2.59. The smallest absolute Gasteiger partial charge is 0.225 e. The fourth-order valence-electron chi connectivity index (χ4n) is 2.68. The number of hydrogen-bond acceptors (Lipinski definition) is 3. The molecule has 1 aliphatic carbocycles. The summed E-state index contributed by atoms with van der Waals surface area (Å²) in [6.07, 6.45) is 3.48. The summed E-state index contributed by atoms with van der Waals surface area (Å²) in [5, 5.41) is 4.34. The van der Waals surface area contributed by atoms with E-state index >= 15 is 0 Å². The maximum Gasteiger partial charge on any atom is 0.225 e. The molecule has 2 aliphatic rings. The monoisotopic (exact) mass is 264 g/mol. The zero-order valence-corrected chi connectivity index (χ0v) is 11.5. The highest BCUT2D eigenvalue weighted by molar-refractivity contribution is 7.07. The third-order valence-electron chi connectivity index (χ3n) is 4.12. The lowest BCUT2D eigenvalue weighted by Crippen LogP contribution is -2.50. The molecule has 4 heteroatoms. The molecule has 0 aromatic carbocycles. The maximum absolute atomic E-state index is 12.1. The molecule has 1 amide bonds. The molecular formula is C14H20N2OS. The van der Waals surface area contributed by atoms with Crippen LogP contribution >= 0.6 is 11.3 Å². The standard InChI is InChI=1S/C14H20N2OS/c17-14(13-2-1-3-13)16-7-5-15(6-8-16)10-12-4-9-18-11-12/h4,9,11,13H,1-3,5-8,10H2. The largest absolute Gasteiger partial charge is 0.340 e. The van der Waals surface area contributed by atoms with Crippen molar-refractivity contribution in [3.63, 3.8) is 0 Å². The molecule has 1 saturated carbocycles. The Hall–Kier alpha value is -0.870. The normalized spacial score (nSPS) is 21.9. The molecule has 1 saturated heterocycles. The quantitative estimate of drug-likeness (QED) is 0.835. The van der Waals surface area contributed by atoms with Gasteiger partial charge in [-0.3, -0.25) is 9.69 Å². The maximum atomic E-state index is 12.1. The summed E-state index contributed by atoms with van der Waals surface area (Å²) in [5.41, 5.74) is 1.40. The molecule has 0 bridgehead atoms. The van der Waals surface area contributed by atoms with Gasteiger partial charge in [0.1, 0.15) is 0 Å². The molecule has 0 unspecified atom stereocenters. The predicted octanol–water partition coefficient (Wildman–Crippen LogP) is 2.19. The first-order valence-corrected chi connectivity index (χ1v) is 7.79. The van der Waals surface area contributed by atoms with Crippen LogP contribution in [-0.2, 0) is 11.3 Å². The number of carbonyl (C=O) groups excluding carboxylic acids is 1. The summed E-state index contributed by atoms with van der Waals surface area (Å²) in [6, 6.07) is 2.19. The molecule has 98 valence electrons. The fraction of sp³-hybridized carbons (Fsp3) is 0.643. The average Bonchev–Trinajstić information content (AvgIpc) is 2.80. The van der Waals surface area contributed by atoms with Crippen molar-refractivity contribution in [3.8, 4) is 0 Å². The van der Waals surface area contributed by atoms with Crippen LogP contribution in [-0.4, -0.2) is 41.9 Å². The lowest BCUT2D eigenvalue weighted by Gasteiger charge is -2.38. The summed E-state index contributed by atoms with van der Waals surface area (Å²) < 4.78 is 0. The number of amides is 1. The van der Waals surface area contributed by atoms with Gasteiger partial charge in [-0.2, -0.15) is 11.3 Å². The van der Waals surface area contributed by atoms with Crippen LogP contribution in [0.15, 0.2) is 16.8 Å². The first-order chi connectivity index (χ1) is 8.83. The molecule has 3 nitrogen and oxygen atoms in total. The first-order valence-electron chi connectivity index (χ1n) is 6.85. The van der Waals surface area contributed by atoms with Crippen LogP contribution in [0.4, 0.5) is 0 Å². The molecule has 2 fully saturated rings. The van der Waals surface area contributed by atoms with E-state index in [9.17, 15) is 4.79 Å². The highest BCUT2D eigenvalue weighted by Gasteiger charge is 2.31. The van der Waals surface area contributed by atoms with E-state index in [1.54, 1.807) is 11.3 Å². The average molecular weight is 264 g/mol. The van der Waals surface area contributed by atoms with Crippen molar-refractivity contribution >= 4 is 17.2 Å². The van der Waals surface area contributed by atoms with E-state index in [4.69, 9.17) is 0 Å². The number of hydrogen-bond donors (Lipinski definition) is 0. The Labute approximate surface area is 112 Å². The summed E-state index contributed by atoms with van der Waals surface area (Å²) in [5.74, 6) is 0.768. The second-order valence-electron chi connectivity index (χ2n) is 5.36. The lowest BCUT2D eigenvalue weighted by molar-refractivity contribution is -0.140. The van der Waals surface area contributed by atoms with E-state index in [0.29, 0.717) is 11.8 Å². The van der Waals surface area contributed by atoms with Crippen LogP contribution in [0.5, 0.6) is 0 Å². The molecule has 3 rings (SSSR count). The van der Waals surface area contributed by atoms with E-state index in [1.165, 1.54) is 12.0 Å². The van der Waals surface area contributed by atoms with Gasteiger partial charge in [0, 0.05) is 38.6 Å². The van der Waals surface area contributed by atoms with Crippen LogP contribution in [0, 0.1) is 5.92 Å². The highest BCUT2D eigenvalue weighted by Crippen LogP contribution is 2.28. The summed E-state index contributed by atoms with van der Waals surface area (Å²) >= 11 is 1.76. The Morgan fingerprint density at radius 2 is 2.06 bits per heavy atom. The molecule has 0 N–H and O–H groups in total. The number of carbonyl (C=O) groups is 1. The first kappa shape index (κ1) is 12.2. The van der Waals surface area contributed by atoms with Crippen LogP contribution in [0.3, 0.4) is 0 Å². The molecule has 0 atom stereocenters. The zero-order valence-electron chi connectivity index (χ0n) is 10.7. The number of rotatable bonds is 3. The molecular weight excluding hydrogens is 244 g/mol. The van der Waals surface area contributed by atoms with E-state index in [2.05, 4.69) is 26.6 Å². The number of piperazine rings is 1. The van der Waals surface area contributed by atoms with Crippen molar-refractivity contribution in [1.29, 1.82) is 0 Å². The van der Waals surface area contributed by atoms with Gasteiger partial charge in [0.05, 0.1) is 0 Å². The van der Waals surface area contributed by atoms with E-state index in [0.717, 1.165) is 45.6 Å². The summed E-state index contributed by atoms with van der Waals surface area (Å²) in [4.78, 5) is 16.6. The summed E-state index contributed by atoms with van der Waals surface area (Å²) in [6.45, 7) is 4.91. The van der Waals surface area contributed by atoms with E-state index in [1.807, 2.05) is 0 Å². The molecule has 18 heavy (non-hydrogen) atoms. The van der Waals surface area contributed by atoms with Gasteiger partial charge in [-0.1, -0.05) is 6.42 Å². The zero-order chi connectivity index (χ0) is 12.4. The topological polar surface area (TPSA) is 23.6 Å². The van der Waals surface area contributed by atoms with Crippen LogP contribution < -0.4 is 0 Å². The van der Waals surface area contributed by atoms with E-state index < -0.39 is 0 Å². The van der Waals surface area contributed by atoms with Crippen LogP contribution in [0.1, 0.15) is 24.8 Å². The minimum atomic E-state index is 0.355. The molecule has 0 radical (unpaired) electrons. The SMILES string of the molecule is O=C(C1CCC1)N1CCN(Cc2ccsc2)CC1. The highest BCUT2D eigenvalue weighted by atomic mass is 32.1. The van der Waals surface area contributed by atoms with Crippen molar-refractivity contribution in [3.05, 3.63) is 22.4 Å². The van der Waals surface area contributed by atoms with Crippen molar-refractivity contribution < 1.29 is 4.79 Å². The second kappa shape index (κ2) is 5.41. The van der Waals surface area contributed by atoms with E-state index in [-0.39, 0.29) is 0 Å². The van der Waals surface area contributed by atoms with Gasteiger partial charge in [-0.25, -0.2) is 0 Å². The van der Waals surface area contributed by atoms with Gasteiger partial charge >= 0.3 is 0 Å². The molecule has 2 heterocycles. The van der Waals surface area contributed by atoms with Crippen LogP contribution in [0.25, 0.3) is 0 Å². The second-order valence-corrected chi connectivity index (χ2v) is 6.14. The molecule has 1 aliphatic heterocycles. The lowest BCUT2D eigenvalue weighted by atomic mass is 9.84. The molecule has 1 aromatic heterocycles. The van der Waals surface area contributed by atoms with Gasteiger partial charge < -0.3 is 4.90 Å². The van der Waals surface area contributed by atoms with Crippen molar-refractivity contribution in [1.82, 2.24) is 9.80 Å². The van der Waals surface area contributed by atoms with Crippen molar-refractivity contribution in [2.24, 2.45) is 5.92 Å². The predicted molar refractivity (Wildman–Crippen MR) is 73.5 cm³/mol. The summed E-state index contributed by atoms with van der Waals surface area (Å²) in [7, 11) is 0. The Morgan fingerprint density at radius 1 is 1.28 bits per heavy atom. The van der Waals surface area contributed by atoms with Crippen molar-refractivity contribution in [2.45, 2.75) is 25.8 Å². The molecule has 0 spiro atoms. The number of nitrogens with zero attached hydrogens (tertiary/aromatic N) is 2. The van der Waals surface area contributed by atoms with Gasteiger partial charge in [0.2, 0.25) is 5.91 Å². The Kier molecular flexibility index (Phi) is 3.66. The van der Waals surface area contributed by atoms with Crippen molar-refractivity contribution in [2.75, 3.05) is 26.2 Å². The Balaban J connectivity index is 1.47. The van der Waals surface area contributed by atoms with Gasteiger partial charge in [-0.15, -0.1) is 0 Å². The van der Waals surface area contributed by atoms with Gasteiger partial charge in [0.25, 0.3) is 0 Å². The van der Waals surface area contributed by atoms with Crippen LogP contribution in [0.2, 0.25) is 0 Å². The number of thiophene rings is 1. The minimum Gasteiger partial charge on any atom is -0.340 e. The molecule has 1 aromatic rings. The third-order valence-corrected chi connectivity index (χ3v) is 4.86. The Bertz CT molecular complexity index is 392. The van der Waals surface area contributed by atoms with Gasteiger partial charge in [-0.05, 0) is 35.2 Å². The Morgan fingerprint density at radius 3 is 2.61 bits per heavy atom. The minimum absolute atomic E-state index is 0.355. The van der Waals surface area contributed by atoms with Gasteiger partial charge in [0.15, 0.2) is 0 Å². The fourth-order valence-corrected chi connectivity index (χ4v) is 3.34.